The first-order chi connectivity index (χ1) is 30.6. The third-order valence-corrected chi connectivity index (χ3v) is 10.9. The van der Waals surface area contributed by atoms with Crippen molar-refractivity contribution >= 4 is 11.9 Å². The van der Waals surface area contributed by atoms with E-state index in [0.717, 1.165) is 70.6 Å². The van der Waals surface area contributed by atoms with Gasteiger partial charge in [0, 0.05) is 19.4 Å². The van der Waals surface area contributed by atoms with Gasteiger partial charge in [-0.1, -0.05) is 209 Å². The SMILES string of the molecule is CC/C=C\C/C=C\C/C=C\C/C=C\CCC(=O)OCC(COCCCCCCCCCCCC/C=C\C/C=C\CCCCC)OC(=O)CCCCCCC/C=C\CCCCCC. The van der Waals surface area contributed by atoms with Crippen LogP contribution in [0.4, 0.5) is 0 Å². The Bertz CT molecular complexity index is 1160. The van der Waals surface area contributed by atoms with Gasteiger partial charge in [-0.25, -0.2) is 0 Å². The van der Waals surface area contributed by atoms with Gasteiger partial charge in [0.2, 0.25) is 0 Å². The van der Waals surface area contributed by atoms with Crippen molar-refractivity contribution in [1.29, 1.82) is 0 Å². The molecular formula is C57H98O5. The van der Waals surface area contributed by atoms with E-state index in [1.54, 1.807) is 0 Å². The molecule has 0 aliphatic carbocycles. The Morgan fingerprint density at radius 1 is 0.371 bits per heavy atom. The van der Waals surface area contributed by atoms with Crippen LogP contribution in [0.2, 0.25) is 0 Å². The largest absolute Gasteiger partial charge is 0.462 e. The van der Waals surface area contributed by atoms with Crippen LogP contribution < -0.4 is 0 Å². The minimum atomic E-state index is -0.573. The van der Waals surface area contributed by atoms with E-state index in [4.69, 9.17) is 14.2 Å². The average molecular weight is 863 g/mol. The molecule has 0 saturated heterocycles. The van der Waals surface area contributed by atoms with Gasteiger partial charge >= 0.3 is 11.9 Å². The Morgan fingerprint density at radius 2 is 0.758 bits per heavy atom. The minimum Gasteiger partial charge on any atom is -0.462 e. The van der Waals surface area contributed by atoms with E-state index in [0.29, 0.717) is 25.9 Å². The fourth-order valence-electron chi connectivity index (χ4n) is 7.02. The zero-order valence-electron chi connectivity index (χ0n) is 40.9. The highest BCUT2D eigenvalue weighted by molar-refractivity contribution is 5.70. The molecular weight excluding hydrogens is 765 g/mol. The van der Waals surface area contributed by atoms with E-state index in [2.05, 4.69) is 99.8 Å². The van der Waals surface area contributed by atoms with Crippen molar-refractivity contribution in [1.82, 2.24) is 0 Å². The molecule has 356 valence electrons. The quantitative estimate of drug-likeness (QED) is 0.0346. The third kappa shape index (κ3) is 49.7. The van der Waals surface area contributed by atoms with Gasteiger partial charge in [0.1, 0.15) is 6.61 Å². The normalized spacial score (nSPS) is 12.9. The molecule has 0 saturated carbocycles. The van der Waals surface area contributed by atoms with Gasteiger partial charge in [-0.15, -0.1) is 0 Å². The van der Waals surface area contributed by atoms with Crippen LogP contribution in [0.25, 0.3) is 0 Å². The van der Waals surface area contributed by atoms with Crippen LogP contribution in [0.5, 0.6) is 0 Å². The number of allylic oxidation sites excluding steroid dienone is 14. The van der Waals surface area contributed by atoms with Gasteiger partial charge in [-0.05, 0) is 103 Å². The summed E-state index contributed by atoms with van der Waals surface area (Å²) >= 11 is 0. The maximum absolute atomic E-state index is 12.8. The van der Waals surface area contributed by atoms with Crippen molar-refractivity contribution in [2.24, 2.45) is 0 Å². The first kappa shape index (κ1) is 59.1. The van der Waals surface area contributed by atoms with E-state index in [9.17, 15) is 9.59 Å². The van der Waals surface area contributed by atoms with Crippen LogP contribution >= 0.6 is 0 Å². The Hall–Kier alpha value is -2.92. The van der Waals surface area contributed by atoms with Gasteiger partial charge in [-0.3, -0.25) is 9.59 Å². The molecule has 5 heteroatoms. The number of carbonyl (C=O) groups excluding carboxylic acids is 2. The summed E-state index contributed by atoms with van der Waals surface area (Å²) < 4.78 is 17.3. The molecule has 0 fully saturated rings. The number of rotatable bonds is 47. The zero-order valence-corrected chi connectivity index (χ0v) is 40.9. The molecule has 0 aromatic carbocycles. The molecule has 0 rings (SSSR count). The Kier molecular flexibility index (Phi) is 50.0. The molecule has 1 unspecified atom stereocenters. The smallest absolute Gasteiger partial charge is 0.306 e. The van der Waals surface area contributed by atoms with Crippen molar-refractivity contribution in [2.45, 2.75) is 245 Å². The second kappa shape index (κ2) is 52.4. The highest BCUT2D eigenvalue weighted by atomic mass is 16.6. The first-order valence-corrected chi connectivity index (χ1v) is 26.1. The second-order valence-corrected chi connectivity index (χ2v) is 17.0. The molecule has 5 nitrogen and oxygen atoms in total. The molecule has 1 atom stereocenters. The predicted octanol–water partition coefficient (Wildman–Crippen LogP) is 17.7. The molecule has 0 spiro atoms. The predicted molar refractivity (Wildman–Crippen MR) is 270 cm³/mol. The highest BCUT2D eigenvalue weighted by Crippen LogP contribution is 2.14. The van der Waals surface area contributed by atoms with Crippen molar-refractivity contribution in [3.05, 3.63) is 85.1 Å². The maximum Gasteiger partial charge on any atom is 0.306 e. The van der Waals surface area contributed by atoms with Crippen molar-refractivity contribution < 1.29 is 23.8 Å². The van der Waals surface area contributed by atoms with Gasteiger partial charge in [0.15, 0.2) is 6.10 Å². The summed E-state index contributed by atoms with van der Waals surface area (Å²) in [4.78, 5) is 25.3. The molecule has 0 heterocycles. The molecule has 0 amide bonds. The fourth-order valence-corrected chi connectivity index (χ4v) is 7.02. The Morgan fingerprint density at radius 3 is 1.27 bits per heavy atom. The standard InChI is InChI=1S/C57H98O5/c1-4-7-10-13-16-19-22-25-26-27-28-29-30-31-34-37-40-43-46-49-52-60-53-55(62-57(59)51-48-45-42-39-36-33-24-21-18-15-12-9-6-3)54-61-56(58)50-47-44-41-38-35-32-23-20-17-14-11-8-5-2/h8,11,16-17,19-21,24-26,32,35,41,44,55H,4-7,9-10,12-15,18,22-23,27-31,33-34,36-40,42-43,45-54H2,1-3H3/b11-8-,19-16-,20-17-,24-21-,26-25-,35-32-,44-41-. The lowest BCUT2D eigenvalue weighted by Crippen LogP contribution is -2.30. The molecule has 0 aromatic heterocycles. The summed E-state index contributed by atoms with van der Waals surface area (Å²) in [5.41, 5.74) is 0. The average Bonchev–Trinajstić information content (AvgIpc) is 3.27. The van der Waals surface area contributed by atoms with E-state index in [1.165, 1.54) is 128 Å². The summed E-state index contributed by atoms with van der Waals surface area (Å²) in [6.45, 7) is 7.59. The van der Waals surface area contributed by atoms with E-state index in [-0.39, 0.29) is 25.2 Å². The van der Waals surface area contributed by atoms with Crippen LogP contribution in [-0.4, -0.2) is 37.9 Å². The van der Waals surface area contributed by atoms with Crippen LogP contribution in [0.3, 0.4) is 0 Å². The van der Waals surface area contributed by atoms with Crippen molar-refractivity contribution in [2.75, 3.05) is 19.8 Å². The van der Waals surface area contributed by atoms with Crippen molar-refractivity contribution in [3.63, 3.8) is 0 Å². The number of esters is 2. The zero-order chi connectivity index (χ0) is 44.9. The number of unbranched alkanes of at least 4 members (excludes halogenated alkanes) is 22. The van der Waals surface area contributed by atoms with Gasteiger partial charge in [-0.2, -0.15) is 0 Å². The molecule has 0 aromatic rings. The molecule has 0 N–H and O–H groups in total. The lowest BCUT2D eigenvalue weighted by Gasteiger charge is -2.18. The van der Waals surface area contributed by atoms with Crippen LogP contribution in [0.1, 0.15) is 239 Å². The number of hydrogen-bond acceptors (Lipinski definition) is 5. The summed E-state index contributed by atoms with van der Waals surface area (Å²) in [6, 6.07) is 0. The molecule has 0 aliphatic heterocycles. The van der Waals surface area contributed by atoms with E-state index in [1.807, 2.05) is 6.08 Å². The fraction of sp³-hybridized carbons (Fsp3) is 0.719. The summed E-state index contributed by atoms with van der Waals surface area (Å²) in [5, 5.41) is 0. The van der Waals surface area contributed by atoms with Crippen LogP contribution in [0, 0.1) is 0 Å². The highest BCUT2D eigenvalue weighted by Gasteiger charge is 2.17. The topological polar surface area (TPSA) is 61.8 Å². The maximum atomic E-state index is 12.8. The molecule has 0 bridgehead atoms. The third-order valence-electron chi connectivity index (χ3n) is 10.9. The molecule has 62 heavy (non-hydrogen) atoms. The van der Waals surface area contributed by atoms with Gasteiger partial charge in [0.25, 0.3) is 0 Å². The van der Waals surface area contributed by atoms with E-state index < -0.39 is 6.10 Å². The Balaban J connectivity index is 4.32. The second-order valence-electron chi connectivity index (χ2n) is 17.0. The molecule has 0 radical (unpaired) electrons. The van der Waals surface area contributed by atoms with E-state index >= 15 is 0 Å². The van der Waals surface area contributed by atoms with Crippen LogP contribution in [0.15, 0.2) is 85.1 Å². The monoisotopic (exact) mass is 863 g/mol. The summed E-state index contributed by atoms with van der Waals surface area (Å²) in [5.74, 6) is -0.502. The lowest BCUT2D eigenvalue weighted by molar-refractivity contribution is -0.162. The number of hydrogen-bond donors (Lipinski definition) is 0. The minimum absolute atomic E-state index is 0.0401. The lowest BCUT2D eigenvalue weighted by atomic mass is 10.1. The summed E-state index contributed by atoms with van der Waals surface area (Å²) in [6.07, 6.45) is 68.9. The van der Waals surface area contributed by atoms with Gasteiger partial charge < -0.3 is 14.2 Å². The van der Waals surface area contributed by atoms with Crippen molar-refractivity contribution in [3.8, 4) is 0 Å². The number of ether oxygens (including phenoxy) is 3. The number of carbonyl (C=O) groups is 2. The molecule has 0 aliphatic rings. The van der Waals surface area contributed by atoms with Crippen LogP contribution in [-0.2, 0) is 23.8 Å². The summed E-state index contributed by atoms with van der Waals surface area (Å²) in [7, 11) is 0. The van der Waals surface area contributed by atoms with Gasteiger partial charge in [0.05, 0.1) is 6.61 Å². The Labute approximate surface area is 384 Å². The first-order valence-electron chi connectivity index (χ1n) is 26.1.